The number of rotatable bonds is 2. The van der Waals surface area contributed by atoms with Gasteiger partial charge in [-0.2, -0.15) is 0 Å². The van der Waals surface area contributed by atoms with Crippen LogP contribution in [0.25, 0.3) is 0 Å². The molecule has 0 bridgehead atoms. The number of hydrogen-bond donors (Lipinski definition) is 1. The third kappa shape index (κ3) is 2.56. The van der Waals surface area contributed by atoms with Gasteiger partial charge in [-0.3, -0.25) is 4.90 Å². The van der Waals surface area contributed by atoms with Crippen LogP contribution in [-0.2, 0) is 6.42 Å². The SMILES string of the molecule is CC1c2ccsc2CCN1CC1CCCC(C)(C)C1O. The Kier molecular flexibility index (Phi) is 3.95. The van der Waals surface area contributed by atoms with Crippen LogP contribution >= 0.6 is 11.3 Å². The quantitative estimate of drug-likeness (QED) is 0.895. The second-order valence-electron chi connectivity index (χ2n) is 7.31. The van der Waals surface area contributed by atoms with Crippen molar-refractivity contribution in [1.82, 2.24) is 4.90 Å². The minimum absolute atomic E-state index is 0.0927. The molecule has 0 saturated heterocycles. The molecular formula is C17H27NOS. The van der Waals surface area contributed by atoms with Gasteiger partial charge in [0, 0.05) is 24.0 Å². The van der Waals surface area contributed by atoms with Gasteiger partial charge in [0.05, 0.1) is 6.10 Å². The summed E-state index contributed by atoms with van der Waals surface area (Å²) in [6.07, 6.45) is 4.65. The third-order valence-electron chi connectivity index (χ3n) is 5.52. The van der Waals surface area contributed by atoms with E-state index in [1.54, 1.807) is 4.88 Å². The van der Waals surface area contributed by atoms with Gasteiger partial charge in [0.1, 0.15) is 0 Å². The maximum absolute atomic E-state index is 10.6. The molecule has 3 rings (SSSR count). The number of thiophene rings is 1. The van der Waals surface area contributed by atoms with Crippen molar-refractivity contribution in [2.75, 3.05) is 13.1 Å². The molecule has 2 heterocycles. The summed E-state index contributed by atoms with van der Waals surface area (Å²) in [6, 6.07) is 2.81. The number of aliphatic hydroxyl groups excluding tert-OH is 1. The van der Waals surface area contributed by atoms with Crippen molar-refractivity contribution >= 4 is 11.3 Å². The van der Waals surface area contributed by atoms with Crippen molar-refractivity contribution in [3.05, 3.63) is 21.9 Å². The van der Waals surface area contributed by atoms with E-state index < -0.39 is 0 Å². The van der Waals surface area contributed by atoms with Gasteiger partial charge in [0.15, 0.2) is 0 Å². The fourth-order valence-electron chi connectivity index (χ4n) is 4.07. The van der Waals surface area contributed by atoms with Gasteiger partial charge in [-0.05, 0) is 54.5 Å². The Morgan fingerprint density at radius 1 is 1.45 bits per heavy atom. The maximum Gasteiger partial charge on any atom is 0.0631 e. The van der Waals surface area contributed by atoms with E-state index in [2.05, 4.69) is 37.1 Å². The molecule has 3 atom stereocenters. The fraction of sp³-hybridized carbons (Fsp3) is 0.765. The molecule has 3 heteroatoms. The van der Waals surface area contributed by atoms with E-state index in [1.807, 2.05) is 11.3 Å². The molecule has 1 N–H and O–H groups in total. The van der Waals surface area contributed by atoms with Crippen LogP contribution in [0.15, 0.2) is 11.4 Å². The van der Waals surface area contributed by atoms with Crippen LogP contribution in [0.5, 0.6) is 0 Å². The first-order valence-corrected chi connectivity index (χ1v) is 8.85. The lowest BCUT2D eigenvalue weighted by molar-refractivity contribution is -0.0469. The molecule has 2 nitrogen and oxygen atoms in total. The van der Waals surface area contributed by atoms with Gasteiger partial charge >= 0.3 is 0 Å². The highest BCUT2D eigenvalue weighted by atomic mass is 32.1. The summed E-state index contributed by atoms with van der Waals surface area (Å²) < 4.78 is 0. The molecule has 1 saturated carbocycles. The lowest BCUT2D eigenvalue weighted by atomic mass is 9.69. The van der Waals surface area contributed by atoms with Crippen LogP contribution in [0.4, 0.5) is 0 Å². The summed E-state index contributed by atoms with van der Waals surface area (Å²) in [7, 11) is 0. The van der Waals surface area contributed by atoms with Crippen LogP contribution in [0.2, 0.25) is 0 Å². The number of fused-ring (bicyclic) bond motifs is 1. The molecule has 1 fully saturated rings. The first kappa shape index (κ1) is 14.6. The molecule has 0 amide bonds. The molecule has 2 aliphatic rings. The van der Waals surface area contributed by atoms with E-state index >= 15 is 0 Å². The lowest BCUT2D eigenvalue weighted by Crippen LogP contribution is -2.46. The minimum atomic E-state index is -0.146. The molecule has 112 valence electrons. The van der Waals surface area contributed by atoms with Gasteiger partial charge in [-0.1, -0.05) is 20.3 Å². The Morgan fingerprint density at radius 3 is 3.05 bits per heavy atom. The number of aliphatic hydroxyl groups is 1. The summed E-state index contributed by atoms with van der Waals surface area (Å²) in [5.41, 5.74) is 1.61. The average Bonchev–Trinajstić information content (AvgIpc) is 2.87. The molecule has 0 spiro atoms. The molecule has 0 radical (unpaired) electrons. The van der Waals surface area contributed by atoms with Crippen LogP contribution < -0.4 is 0 Å². The highest BCUT2D eigenvalue weighted by molar-refractivity contribution is 7.10. The fourth-order valence-corrected chi connectivity index (χ4v) is 5.03. The van der Waals surface area contributed by atoms with Gasteiger partial charge in [-0.15, -0.1) is 11.3 Å². The third-order valence-corrected chi connectivity index (χ3v) is 6.51. The summed E-state index contributed by atoms with van der Waals surface area (Å²) in [6.45, 7) is 8.98. The summed E-state index contributed by atoms with van der Waals surface area (Å²) in [4.78, 5) is 4.16. The Balaban J connectivity index is 1.70. The normalized spacial score (nSPS) is 33.9. The van der Waals surface area contributed by atoms with Crippen molar-refractivity contribution < 1.29 is 5.11 Å². The largest absolute Gasteiger partial charge is 0.392 e. The van der Waals surface area contributed by atoms with E-state index in [-0.39, 0.29) is 11.5 Å². The van der Waals surface area contributed by atoms with Crippen LogP contribution in [0.1, 0.15) is 56.5 Å². The zero-order valence-electron chi connectivity index (χ0n) is 12.9. The summed E-state index contributed by atoms with van der Waals surface area (Å²) in [5.74, 6) is 0.446. The van der Waals surface area contributed by atoms with Gasteiger partial charge < -0.3 is 5.11 Å². The van der Waals surface area contributed by atoms with Crippen molar-refractivity contribution in [3.63, 3.8) is 0 Å². The zero-order valence-corrected chi connectivity index (χ0v) is 13.7. The van der Waals surface area contributed by atoms with E-state index in [4.69, 9.17) is 0 Å². The van der Waals surface area contributed by atoms with E-state index in [1.165, 1.54) is 24.8 Å². The van der Waals surface area contributed by atoms with Gasteiger partial charge in [0.25, 0.3) is 0 Å². The molecule has 0 aromatic carbocycles. The van der Waals surface area contributed by atoms with Crippen molar-refractivity contribution in [2.45, 2.75) is 58.6 Å². The molecule has 1 aliphatic heterocycles. The summed E-state index contributed by atoms with van der Waals surface area (Å²) in [5, 5.41) is 12.9. The van der Waals surface area contributed by atoms with E-state index in [9.17, 15) is 5.11 Å². The first-order chi connectivity index (χ1) is 9.49. The van der Waals surface area contributed by atoms with Gasteiger partial charge in [0.2, 0.25) is 0 Å². The Labute approximate surface area is 126 Å². The second kappa shape index (κ2) is 5.43. The lowest BCUT2D eigenvalue weighted by Gasteiger charge is -2.44. The van der Waals surface area contributed by atoms with E-state index in [0.29, 0.717) is 12.0 Å². The molecule has 3 unspecified atom stereocenters. The smallest absolute Gasteiger partial charge is 0.0631 e. The highest BCUT2D eigenvalue weighted by Crippen LogP contribution is 2.41. The van der Waals surface area contributed by atoms with Crippen molar-refractivity contribution in [3.8, 4) is 0 Å². The number of nitrogens with zero attached hydrogens (tertiary/aromatic N) is 1. The molecular weight excluding hydrogens is 266 g/mol. The molecule has 1 aromatic heterocycles. The van der Waals surface area contributed by atoms with Crippen LogP contribution in [-0.4, -0.2) is 29.2 Å². The Bertz CT molecular complexity index is 467. The van der Waals surface area contributed by atoms with E-state index in [0.717, 1.165) is 19.5 Å². The standard InChI is InChI=1S/C17H27NOS/c1-12-14-7-10-20-15(14)6-9-18(12)11-13-5-4-8-17(2,3)16(13)19/h7,10,12-13,16,19H,4-6,8-9,11H2,1-3H3. The molecule has 20 heavy (non-hydrogen) atoms. The van der Waals surface area contributed by atoms with Gasteiger partial charge in [-0.25, -0.2) is 0 Å². The Hall–Kier alpha value is -0.380. The maximum atomic E-state index is 10.6. The predicted molar refractivity (Wildman–Crippen MR) is 85.1 cm³/mol. The Morgan fingerprint density at radius 2 is 2.25 bits per heavy atom. The van der Waals surface area contributed by atoms with Crippen molar-refractivity contribution in [2.24, 2.45) is 11.3 Å². The van der Waals surface area contributed by atoms with Crippen molar-refractivity contribution in [1.29, 1.82) is 0 Å². The van der Waals surface area contributed by atoms with Crippen LogP contribution in [0, 0.1) is 11.3 Å². The monoisotopic (exact) mass is 293 g/mol. The molecule has 1 aromatic rings. The topological polar surface area (TPSA) is 23.5 Å². The number of hydrogen-bond acceptors (Lipinski definition) is 3. The first-order valence-electron chi connectivity index (χ1n) is 7.97. The summed E-state index contributed by atoms with van der Waals surface area (Å²) >= 11 is 1.90. The zero-order chi connectivity index (χ0) is 14.3. The molecule has 1 aliphatic carbocycles. The highest BCUT2D eigenvalue weighted by Gasteiger charge is 2.39. The van der Waals surface area contributed by atoms with Crippen LogP contribution in [0.3, 0.4) is 0 Å². The average molecular weight is 293 g/mol. The second-order valence-corrected chi connectivity index (χ2v) is 8.31. The predicted octanol–water partition coefficient (Wildman–Crippen LogP) is 3.85. The minimum Gasteiger partial charge on any atom is -0.392 e.